The molecule has 1 aliphatic carbocycles. The van der Waals surface area contributed by atoms with E-state index in [1.54, 1.807) is 0 Å². The van der Waals surface area contributed by atoms with Crippen LogP contribution in [0.1, 0.15) is 103 Å². The van der Waals surface area contributed by atoms with Crippen molar-refractivity contribution < 1.29 is 4.74 Å². The number of ether oxygens (including phenoxy) is 1. The summed E-state index contributed by atoms with van der Waals surface area (Å²) in [4.78, 5) is 4.62. The van der Waals surface area contributed by atoms with E-state index in [1.165, 1.54) is 94.6 Å². The van der Waals surface area contributed by atoms with Crippen LogP contribution in [0.5, 0.6) is 5.75 Å². The summed E-state index contributed by atoms with van der Waals surface area (Å²) in [6.45, 7) is 5.30. The lowest BCUT2D eigenvalue weighted by Gasteiger charge is -2.29. The zero-order chi connectivity index (χ0) is 22.4. The number of hydrogen-bond acceptors (Lipinski definition) is 2. The smallest absolute Gasteiger partial charge is 0.137 e. The van der Waals surface area contributed by atoms with Crippen LogP contribution >= 0.6 is 0 Å². The van der Waals surface area contributed by atoms with Gasteiger partial charge < -0.3 is 4.74 Å². The van der Waals surface area contributed by atoms with Crippen molar-refractivity contribution in [3.63, 3.8) is 0 Å². The van der Waals surface area contributed by atoms with Crippen molar-refractivity contribution >= 4 is 0 Å². The molecule has 2 atom stereocenters. The minimum Gasteiger partial charge on any atom is -0.492 e. The van der Waals surface area contributed by atoms with Gasteiger partial charge in [-0.1, -0.05) is 102 Å². The molecule has 0 spiro atoms. The van der Waals surface area contributed by atoms with Gasteiger partial charge >= 0.3 is 0 Å². The standard InChI is InChI=1S/C30H45NO/c1-3-5-7-8-11-26-12-10-13-27(23-26)15-14-25-16-18-28(19-17-25)30-21-20-29(24-31-30)32-22-9-6-4-2/h16-21,24,26-27H,3-15,22-23H2,1-2H3. The molecule has 3 rings (SSSR count). The molecule has 2 nitrogen and oxygen atoms in total. The molecule has 1 aromatic heterocycles. The highest BCUT2D eigenvalue weighted by atomic mass is 16.5. The molecule has 1 heterocycles. The van der Waals surface area contributed by atoms with Gasteiger partial charge in [-0.25, -0.2) is 0 Å². The number of aryl methyl sites for hydroxylation is 1. The number of hydrogen-bond donors (Lipinski definition) is 0. The molecule has 176 valence electrons. The quantitative estimate of drug-likeness (QED) is 0.276. The minimum atomic E-state index is 0.782. The van der Waals surface area contributed by atoms with E-state index in [2.05, 4.69) is 49.2 Å². The summed E-state index contributed by atoms with van der Waals surface area (Å²) in [7, 11) is 0. The topological polar surface area (TPSA) is 22.1 Å². The van der Waals surface area contributed by atoms with Gasteiger partial charge in [-0.15, -0.1) is 0 Å². The average molecular weight is 436 g/mol. The van der Waals surface area contributed by atoms with E-state index in [0.29, 0.717) is 0 Å². The number of unbranched alkanes of at least 4 members (excludes halogenated alkanes) is 5. The third-order valence-electron chi connectivity index (χ3n) is 7.20. The molecule has 0 radical (unpaired) electrons. The number of pyridine rings is 1. The first kappa shape index (κ1) is 24.8. The van der Waals surface area contributed by atoms with E-state index in [9.17, 15) is 0 Å². The van der Waals surface area contributed by atoms with Crippen molar-refractivity contribution in [2.45, 2.75) is 104 Å². The number of rotatable bonds is 14. The largest absolute Gasteiger partial charge is 0.492 e. The first-order valence-electron chi connectivity index (χ1n) is 13.5. The molecule has 0 saturated heterocycles. The van der Waals surface area contributed by atoms with E-state index >= 15 is 0 Å². The van der Waals surface area contributed by atoms with Gasteiger partial charge in [0, 0.05) is 5.56 Å². The molecule has 0 amide bonds. The van der Waals surface area contributed by atoms with Crippen LogP contribution in [0.4, 0.5) is 0 Å². The van der Waals surface area contributed by atoms with Crippen LogP contribution in [0.15, 0.2) is 42.6 Å². The third-order valence-corrected chi connectivity index (χ3v) is 7.20. The summed E-state index contributed by atoms with van der Waals surface area (Å²) in [6.07, 6.45) is 21.0. The van der Waals surface area contributed by atoms with Crippen molar-refractivity contribution in [2.75, 3.05) is 6.61 Å². The Kier molecular flexibility index (Phi) is 11.1. The van der Waals surface area contributed by atoms with Crippen LogP contribution < -0.4 is 4.74 Å². The highest BCUT2D eigenvalue weighted by Gasteiger charge is 2.21. The molecule has 1 fully saturated rings. The second-order valence-corrected chi connectivity index (χ2v) is 9.92. The van der Waals surface area contributed by atoms with E-state index in [1.807, 2.05) is 12.3 Å². The van der Waals surface area contributed by atoms with Gasteiger partial charge in [0.2, 0.25) is 0 Å². The lowest BCUT2D eigenvalue weighted by molar-refractivity contribution is 0.239. The Morgan fingerprint density at radius 2 is 1.56 bits per heavy atom. The van der Waals surface area contributed by atoms with Crippen molar-refractivity contribution in [3.05, 3.63) is 48.2 Å². The molecule has 0 N–H and O–H groups in total. The van der Waals surface area contributed by atoms with Crippen molar-refractivity contribution in [1.29, 1.82) is 0 Å². The minimum absolute atomic E-state index is 0.782. The predicted molar refractivity (Wildman–Crippen MR) is 137 cm³/mol. The second kappa shape index (κ2) is 14.3. The van der Waals surface area contributed by atoms with Gasteiger partial charge in [-0.3, -0.25) is 4.98 Å². The van der Waals surface area contributed by atoms with E-state index < -0.39 is 0 Å². The Hall–Kier alpha value is -1.83. The van der Waals surface area contributed by atoms with E-state index in [0.717, 1.165) is 36.3 Å². The number of aromatic nitrogens is 1. The molecule has 2 unspecified atom stereocenters. The van der Waals surface area contributed by atoms with Crippen LogP contribution in [0, 0.1) is 11.8 Å². The summed E-state index contributed by atoms with van der Waals surface area (Å²) in [6, 6.07) is 13.2. The van der Waals surface area contributed by atoms with E-state index in [4.69, 9.17) is 4.74 Å². The van der Waals surface area contributed by atoms with E-state index in [-0.39, 0.29) is 0 Å². The molecular formula is C30H45NO. The molecule has 32 heavy (non-hydrogen) atoms. The molecular weight excluding hydrogens is 390 g/mol. The lowest BCUT2D eigenvalue weighted by atomic mass is 9.77. The van der Waals surface area contributed by atoms with Gasteiger partial charge in [-0.2, -0.15) is 0 Å². The van der Waals surface area contributed by atoms with Gasteiger partial charge in [0.05, 0.1) is 18.5 Å². The fourth-order valence-corrected chi connectivity index (χ4v) is 5.18. The van der Waals surface area contributed by atoms with Crippen LogP contribution in [-0.4, -0.2) is 11.6 Å². The molecule has 1 aliphatic rings. The first-order chi connectivity index (χ1) is 15.8. The molecule has 2 heteroatoms. The highest BCUT2D eigenvalue weighted by molar-refractivity contribution is 5.59. The van der Waals surface area contributed by atoms with Crippen molar-refractivity contribution in [1.82, 2.24) is 4.98 Å². The molecule has 2 aromatic rings. The maximum absolute atomic E-state index is 5.79. The Morgan fingerprint density at radius 3 is 2.28 bits per heavy atom. The Labute approximate surface area is 197 Å². The summed E-state index contributed by atoms with van der Waals surface area (Å²) >= 11 is 0. The van der Waals surface area contributed by atoms with Crippen molar-refractivity contribution in [3.8, 4) is 17.0 Å². The van der Waals surface area contributed by atoms with Crippen molar-refractivity contribution in [2.24, 2.45) is 11.8 Å². The Bertz CT molecular complexity index is 736. The predicted octanol–water partition coefficient (Wildman–Crippen LogP) is 9.03. The van der Waals surface area contributed by atoms with Gasteiger partial charge in [-0.05, 0) is 55.2 Å². The Morgan fingerprint density at radius 1 is 0.812 bits per heavy atom. The molecule has 0 bridgehead atoms. The van der Waals surface area contributed by atoms with Crippen LogP contribution in [0.25, 0.3) is 11.3 Å². The number of nitrogens with zero attached hydrogens (tertiary/aromatic N) is 1. The summed E-state index contributed by atoms with van der Waals surface area (Å²) in [5.74, 6) is 2.81. The SMILES string of the molecule is CCCCCCC1CCCC(CCc2ccc(-c3ccc(OCCCCC)cn3)cc2)C1. The van der Waals surface area contributed by atoms with Gasteiger partial charge in [0.25, 0.3) is 0 Å². The zero-order valence-corrected chi connectivity index (χ0v) is 20.7. The average Bonchev–Trinajstić information content (AvgIpc) is 2.84. The first-order valence-corrected chi connectivity index (χ1v) is 13.5. The maximum atomic E-state index is 5.79. The maximum Gasteiger partial charge on any atom is 0.137 e. The molecule has 1 saturated carbocycles. The molecule has 1 aromatic carbocycles. The number of benzene rings is 1. The normalized spacial score (nSPS) is 18.6. The monoisotopic (exact) mass is 435 g/mol. The zero-order valence-electron chi connectivity index (χ0n) is 20.7. The third kappa shape index (κ3) is 8.60. The Balaban J connectivity index is 1.41. The second-order valence-electron chi connectivity index (χ2n) is 9.92. The van der Waals surface area contributed by atoms with Gasteiger partial charge in [0.1, 0.15) is 5.75 Å². The van der Waals surface area contributed by atoms with Crippen LogP contribution in [0.2, 0.25) is 0 Å². The summed E-state index contributed by atoms with van der Waals surface area (Å²) < 4.78 is 5.79. The van der Waals surface area contributed by atoms with Gasteiger partial charge in [0.15, 0.2) is 0 Å². The van der Waals surface area contributed by atoms with Crippen LogP contribution in [-0.2, 0) is 6.42 Å². The fourth-order valence-electron chi connectivity index (χ4n) is 5.18. The lowest BCUT2D eigenvalue weighted by Crippen LogP contribution is -2.16. The summed E-state index contributed by atoms with van der Waals surface area (Å²) in [5.41, 5.74) is 3.68. The van der Waals surface area contributed by atoms with Crippen LogP contribution in [0.3, 0.4) is 0 Å². The highest BCUT2D eigenvalue weighted by Crippen LogP contribution is 2.35. The molecule has 0 aliphatic heterocycles. The summed E-state index contributed by atoms with van der Waals surface area (Å²) in [5, 5.41) is 0. The fraction of sp³-hybridized carbons (Fsp3) is 0.633.